The van der Waals surface area contributed by atoms with Crippen LogP contribution in [0.3, 0.4) is 0 Å². The Morgan fingerprint density at radius 1 is 1.26 bits per heavy atom. The van der Waals surface area contributed by atoms with E-state index in [1.165, 1.54) is 15.3 Å². The minimum Gasteiger partial charge on any atom is -0.497 e. The number of aryl methyl sites for hydroxylation is 2. The van der Waals surface area contributed by atoms with Crippen molar-refractivity contribution < 1.29 is 9.84 Å². The second-order valence-corrected chi connectivity index (χ2v) is 5.94. The van der Waals surface area contributed by atoms with Crippen molar-refractivity contribution in [3.8, 4) is 5.75 Å². The highest BCUT2D eigenvalue weighted by Crippen LogP contribution is 2.29. The molecule has 1 aromatic heterocycles. The van der Waals surface area contributed by atoms with Crippen molar-refractivity contribution in [1.82, 2.24) is 0 Å². The molecule has 2 rings (SSSR count). The molecular formula is C15H19NO2S. The number of aliphatic hydroxyl groups excluding tert-OH is 1. The maximum absolute atomic E-state index is 9.59. The molecule has 1 heterocycles. The van der Waals surface area contributed by atoms with Crippen LogP contribution in [0.1, 0.15) is 21.4 Å². The summed E-state index contributed by atoms with van der Waals surface area (Å²) < 4.78 is 5.13. The van der Waals surface area contributed by atoms with Crippen LogP contribution in [0, 0.1) is 13.8 Å². The molecular weight excluding hydrogens is 258 g/mol. The average molecular weight is 277 g/mol. The number of benzene rings is 1. The molecule has 1 atom stereocenters. The molecule has 2 aromatic rings. The summed E-state index contributed by atoms with van der Waals surface area (Å²) in [6.07, 6.45) is 0. The molecule has 3 nitrogen and oxygen atoms in total. The van der Waals surface area contributed by atoms with E-state index in [1.54, 1.807) is 18.4 Å². The van der Waals surface area contributed by atoms with E-state index in [4.69, 9.17) is 4.74 Å². The molecule has 19 heavy (non-hydrogen) atoms. The Balaban J connectivity index is 2.16. The number of ether oxygens (including phenoxy) is 1. The molecule has 0 aliphatic rings. The van der Waals surface area contributed by atoms with Gasteiger partial charge in [-0.1, -0.05) is 0 Å². The topological polar surface area (TPSA) is 41.5 Å². The molecule has 2 N–H and O–H groups in total. The lowest BCUT2D eigenvalue weighted by Crippen LogP contribution is -2.14. The number of rotatable bonds is 5. The van der Waals surface area contributed by atoms with Crippen LogP contribution in [0.4, 0.5) is 5.69 Å². The Morgan fingerprint density at radius 2 is 1.95 bits per heavy atom. The lowest BCUT2D eigenvalue weighted by Gasteiger charge is -2.18. The fourth-order valence-electron chi connectivity index (χ4n) is 2.11. The first-order valence-electron chi connectivity index (χ1n) is 6.22. The number of hydrogen-bond acceptors (Lipinski definition) is 4. The highest BCUT2D eigenvalue weighted by molar-refractivity contribution is 7.12. The number of anilines is 1. The zero-order chi connectivity index (χ0) is 13.8. The third-order valence-corrected chi connectivity index (χ3v) is 4.05. The summed E-state index contributed by atoms with van der Waals surface area (Å²) in [5.41, 5.74) is 2.14. The minimum absolute atomic E-state index is 0.0710. The van der Waals surface area contributed by atoms with Gasteiger partial charge in [0.2, 0.25) is 0 Å². The Kier molecular flexibility index (Phi) is 4.45. The van der Waals surface area contributed by atoms with Gasteiger partial charge in [-0.3, -0.25) is 0 Å². The van der Waals surface area contributed by atoms with Crippen molar-refractivity contribution in [2.24, 2.45) is 0 Å². The van der Waals surface area contributed by atoms with Crippen LogP contribution in [0.15, 0.2) is 30.3 Å². The number of nitrogens with one attached hydrogen (secondary N) is 1. The maximum atomic E-state index is 9.59. The van der Waals surface area contributed by atoms with Gasteiger partial charge < -0.3 is 15.2 Å². The molecule has 0 spiro atoms. The van der Waals surface area contributed by atoms with E-state index < -0.39 is 0 Å². The third kappa shape index (κ3) is 3.28. The molecule has 0 amide bonds. The van der Waals surface area contributed by atoms with E-state index in [0.29, 0.717) is 0 Å². The van der Waals surface area contributed by atoms with Gasteiger partial charge in [-0.05, 0) is 49.7 Å². The Labute approximate surface area is 117 Å². The van der Waals surface area contributed by atoms with E-state index in [0.717, 1.165) is 11.4 Å². The van der Waals surface area contributed by atoms with Gasteiger partial charge >= 0.3 is 0 Å². The third-order valence-electron chi connectivity index (χ3n) is 3.07. The van der Waals surface area contributed by atoms with Crippen LogP contribution >= 0.6 is 11.3 Å². The molecule has 102 valence electrons. The van der Waals surface area contributed by atoms with Gasteiger partial charge in [-0.2, -0.15) is 0 Å². The smallest absolute Gasteiger partial charge is 0.119 e. The minimum atomic E-state index is -0.0710. The van der Waals surface area contributed by atoms with Crippen LogP contribution in [0.5, 0.6) is 5.75 Å². The van der Waals surface area contributed by atoms with Gasteiger partial charge in [0.25, 0.3) is 0 Å². The highest BCUT2D eigenvalue weighted by atomic mass is 32.1. The second-order valence-electron chi connectivity index (χ2n) is 4.48. The summed E-state index contributed by atoms with van der Waals surface area (Å²) in [4.78, 5) is 2.51. The number of aliphatic hydroxyl groups is 1. The van der Waals surface area contributed by atoms with Crippen LogP contribution in [0.25, 0.3) is 0 Å². The number of thiophene rings is 1. The monoisotopic (exact) mass is 277 g/mol. The average Bonchev–Trinajstić information content (AvgIpc) is 2.75. The molecule has 0 bridgehead atoms. The van der Waals surface area contributed by atoms with Gasteiger partial charge in [0, 0.05) is 15.4 Å². The molecule has 0 radical (unpaired) electrons. The number of methoxy groups -OCH3 is 1. The van der Waals surface area contributed by atoms with E-state index in [9.17, 15) is 5.11 Å². The predicted octanol–water partition coefficient (Wildman–Crippen LogP) is 3.52. The van der Waals surface area contributed by atoms with Crippen molar-refractivity contribution in [1.29, 1.82) is 0 Å². The van der Waals surface area contributed by atoms with Crippen molar-refractivity contribution in [2.75, 3.05) is 19.0 Å². The van der Waals surface area contributed by atoms with Gasteiger partial charge in [-0.25, -0.2) is 0 Å². The van der Waals surface area contributed by atoms with E-state index in [1.807, 2.05) is 24.3 Å². The zero-order valence-corrected chi connectivity index (χ0v) is 12.3. The largest absolute Gasteiger partial charge is 0.497 e. The van der Waals surface area contributed by atoms with E-state index >= 15 is 0 Å². The van der Waals surface area contributed by atoms with E-state index in [-0.39, 0.29) is 12.6 Å². The highest BCUT2D eigenvalue weighted by Gasteiger charge is 2.15. The first-order valence-corrected chi connectivity index (χ1v) is 7.04. The SMILES string of the molecule is COc1ccc(NC(CO)c2cc(C)sc2C)cc1. The fourth-order valence-corrected chi connectivity index (χ4v) is 3.09. The van der Waals surface area contributed by atoms with Crippen molar-refractivity contribution in [3.63, 3.8) is 0 Å². The van der Waals surface area contributed by atoms with Crippen molar-refractivity contribution in [3.05, 3.63) is 45.6 Å². The van der Waals surface area contributed by atoms with Gasteiger partial charge in [-0.15, -0.1) is 11.3 Å². The summed E-state index contributed by atoms with van der Waals surface area (Å²) >= 11 is 1.76. The van der Waals surface area contributed by atoms with Crippen LogP contribution in [0.2, 0.25) is 0 Å². The Morgan fingerprint density at radius 3 is 2.42 bits per heavy atom. The molecule has 0 saturated heterocycles. The summed E-state index contributed by atoms with van der Waals surface area (Å²) in [5, 5.41) is 12.9. The van der Waals surface area contributed by atoms with Gasteiger partial charge in [0.1, 0.15) is 5.75 Å². The van der Waals surface area contributed by atoms with Crippen molar-refractivity contribution in [2.45, 2.75) is 19.9 Å². The molecule has 0 fully saturated rings. The lowest BCUT2D eigenvalue weighted by molar-refractivity contribution is 0.276. The van der Waals surface area contributed by atoms with Gasteiger partial charge in [0.05, 0.1) is 19.8 Å². The molecule has 1 aromatic carbocycles. The predicted molar refractivity (Wildman–Crippen MR) is 80.2 cm³/mol. The first kappa shape index (κ1) is 13.9. The lowest BCUT2D eigenvalue weighted by atomic mass is 10.1. The normalized spacial score (nSPS) is 12.2. The molecule has 1 unspecified atom stereocenters. The quantitative estimate of drug-likeness (QED) is 0.878. The van der Waals surface area contributed by atoms with Crippen LogP contribution in [-0.2, 0) is 0 Å². The summed E-state index contributed by atoms with van der Waals surface area (Å²) in [7, 11) is 1.65. The summed E-state index contributed by atoms with van der Waals surface area (Å²) in [5.74, 6) is 0.827. The standard InChI is InChI=1S/C15H19NO2S/c1-10-8-14(11(2)19-10)15(9-17)16-12-4-6-13(18-3)7-5-12/h4-8,15-17H,9H2,1-3H3. The van der Waals surface area contributed by atoms with E-state index in [2.05, 4.69) is 25.2 Å². The van der Waals surface area contributed by atoms with Crippen LogP contribution in [-0.4, -0.2) is 18.8 Å². The molecule has 4 heteroatoms. The maximum Gasteiger partial charge on any atom is 0.119 e. The van der Waals surface area contributed by atoms with Crippen molar-refractivity contribution >= 4 is 17.0 Å². The fraction of sp³-hybridized carbons (Fsp3) is 0.333. The van der Waals surface area contributed by atoms with Gasteiger partial charge in [0.15, 0.2) is 0 Å². The Bertz CT molecular complexity index is 534. The molecule has 0 saturated carbocycles. The first-order chi connectivity index (χ1) is 9.13. The zero-order valence-electron chi connectivity index (χ0n) is 11.4. The second kappa shape index (κ2) is 6.08. The number of hydrogen-bond donors (Lipinski definition) is 2. The Hall–Kier alpha value is -1.52. The molecule has 0 aliphatic heterocycles. The summed E-state index contributed by atoms with van der Waals surface area (Å²) in [6.45, 7) is 4.25. The molecule has 0 aliphatic carbocycles. The van der Waals surface area contributed by atoms with Crippen LogP contribution < -0.4 is 10.1 Å². The summed E-state index contributed by atoms with van der Waals surface area (Å²) in [6, 6.07) is 9.78.